The van der Waals surface area contributed by atoms with Gasteiger partial charge in [-0.05, 0) is 85.8 Å². The van der Waals surface area contributed by atoms with Crippen molar-refractivity contribution in [1.82, 2.24) is 0 Å². The molecule has 30 heavy (non-hydrogen) atoms. The summed E-state index contributed by atoms with van der Waals surface area (Å²) in [7, 11) is 0. The third-order valence-corrected chi connectivity index (χ3v) is 8.37. The smallest absolute Gasteiger partial charge is 0.406 e. The molecular weight excluding hydrogens is 385 g/mol. The van der Waals surface area contributed by atoms with Crippen LogP contribution in [-0.4, -0.2) is 6.36 Å². The average Bonchev–Trinajstić information content (AvgIpc) is 3.27. The van der Waals surface area contributed by atoms with E-state index >= 15 is 0 Å². The van der Waals surface area contributed by atoms with Gasteiger partial charge in [0.15, 0.2) is 0 Å². The molecule has 0 aromatic heterocycles. The monoisotopic (exact) mass is 422 g/mol. The van der Waals surface area contributed by atoms with Crippen molar-refractivity contribution in [2.45, 2.75) is 102 Å². The summed E-state index contributed by atoms with van der Waals surface area (Å²) < 4.78 is 40.9. The maximum absolute atomic E-state index is 12.3. The Morgan fingerprint density at radius 2 is 1.17 bits per heavy atom. The average molecular weight is 423 g/mol. The Morgan fingerprint density at radius 1 is 0.667 bits per heavy atom. The van der Waals surface area contributed by atoms with Gasteiger partial charge >= 0.3 is 6.36 Å². The Bertz CT molecular complexity index is 631. The first-order chi connectivity index (χ1) is 14.5. The zero-order chi connectivity index (χ0) is 21.0. The SMILES string of the molecule is FC(F)(F)Oc1ccc([C@H]2CC[C@H](CC[C@H]3CC[C@H](C4CCCC4)CC3)CC2)cc1. The number of hydrogen-bond donors (Lipinski definition) is 0. The summed E-state index contributed by atoms with van der Waals surface area (Å²) in [5, 5.41) is 0. The molecular formula is C26H37F3O. The molecule has 0 N–H and O–H groups in total. The zero-order valence-corrected chi connectivity index (χ0v) is 18.1. The van der Waals surface area contributed by atoms with Crippen molar-refractivity contribution in [3.63, 3.8) is 0 Å². The second kappa shape index (κ2) is 9.96. The zero-order valence-electron chi connectivity index (χ0n) is 18.1. The third kappa shape index (κ3) is 6.17. The third-order valence-electron chi connectivity index (χ3n) is 8.37. The highest BCUT2D eigenvalue weighted by atomic mass is 19.4. The molecule has 0 saturated heterocycles. The molecule has 3 saturated carbocycles. The summed E-state index contributed by atoms with van der Waals surface area (Å²) in [4.78, 5) is 0. The van der Waals surface area contributed by atoms with Crippen LogP contribution in [-0.2, 0) is 0 Å². The fraction of sp³-hybridized carbons (Fsp3) is 0.769. The van der Waals surface area contributed by atoms with Gasteiger partial charge in [-0.1, -0.05) is 63.5 Å². The molecule has 0 aliphatic heterocycles. The lowest BCUT2D eigenvalue weighted by Crippen LogP contribution is -2.21. The van der Waals surface area contributed by atoms with Gasteiger partial charge < -0.3 is 4.74 Å². The first-order valence-corrected chi connectivity index (χ1v) is 12.3. The van der Waals surface area contributed by atoms with Crippen molar-refractivity contribution < 1.29 is 17.9 Å². The normalized spacial score (nSPS) is 31.0. The first kappa shape index (κ1) is 22.0. The van der Waals surface area contributed by atoms with E-state index < -0.39 is 6.36 Å². The van der Waals surface area contributed by atoms with E-state index in [2.05, 4.69) is 4.74 Å². The summed E-state index contributed by atoms with van der Waals surface area (Å²) in [6.07, 6.45) is 14.9. The second-order valence-electron chi connectivity index (χ2n) is 10.2. The van der Waals surface area contributed by atoms with Gasteiger partial charge in [-0.15, -0.1) is 13.2 Å². The predicted octanol–water partition coefficient (Wildman–Crippen LogP) is 8.64. The Balaban J connectivity index is 1.15. The molecule has 0 amide bonds. The van der Waals surface area contributed by atoms with Crippen LogP contribution in [0.2, 0.25) is 0 Å². The predicted molar refractivity (Wildman–Crippen MR) is 114 cm³/mol. The van der Waals surface area contributed by atoms with Crippen LogP contribution in [0.15, 0.2) is 24.3 Å². The standard InChI is InChI=1S/C26H37F3O/c27-26(28,29)30-25-17-15-24(16-18-25)23-13-9-20(10-14-23)6-5-19-7-11-22(12-8-19)21-3-1-2-4-21/h15-23H,1-14H2/t19-,20-,22-,23-. The Kier molecular flexibility index (Phi) is 7.31. The van der Waals surface area contributed by atoms with Crippen LogP contribution in [0.25, 0.3) is 0 Å². The van der Waals surface area contributed by atoms with Crippen LogP contribution in [0, 0.1) is 23.7 Å². The summed E-state index contributed by atoms with van der Waals surface area (Å²) in [5.74, 6) is 4.26. The lowest BCUT2D eigenvalue weighted by molar-refractivity contribution is -0.274. The van der Waals surface area contributed by atoms with Crippen molar-refractivity contribution in [2.24, 2.45) is 23.7 Å². The molecule has 0 radical (unpaired) electrons. The lowest BCUT2D eigenvalue weighted by Gasteiger charge is -2.34. The fourth-order valence-corrected chi connectivity index (χ4v) is 6.57. The first-order valence-electron chi connectivity index (χ1n) is 12.3. The van der Waals surface area contributed by atoms with Gasteiger partial charge in [0, 0.05) is 0 Å². The maximum Gasteiger partial charge on any atom is 0.573 e. The van der Waals surface area contributed by atoms with E-state index in [1.165, 1.54) is 102 Å². The van der Waals surface area contributed by atoms with E-state index in [0.29, 0.717) is 5.92 Å². The van der Waals surface area contributed by atoms with Crippen molar-refractivity contribution >= 4 is 0 Å². The Morgan fingerprint density at radius 3 is 1.70 bits per heavy atom. The number of hydrogen-bond acceptors (Lipinski definition) is 1. The molecule has 1 aromatic rings. The molecule has 1 nitrogen and oxygen atoms in total. The molecule has 3 aliphatic rings. The quantitative estimate of drug-likeness (QED) is 0.446. The molecule has 4 heteroatoms. The van der Waals surface area contributed by atoms with E-state index in [1.807, 2.05) is 12.1 Å². The number of halogens is 3. The highest BCUT2D eigenvalue weighted by molar-refractivity contribution is 5.29. The summed E-state index contributed by atoms with van der Waals surface area (Å²) in [6, 6.07) is 6.54. The van der Waals surface area contributed by atoms with Crippen molar-refractivity contribution in [3.8, 4) is 5.75 Å². The van der Waals surface area contributed by atoms with Gasteiger partial charge in [0.25, 0.3) is 0 Å². The number of ether oxygens (including phenoxy) is 1. The minimum absolute atomic E-state index is 0.123. The fourth-order valence-electron chi connectivity index (χ4n) is 6.57. The summed E-state index contributed by atoms with van der Waals surface area (Å²) >= 11 is 0. The second-order valence-corrected chi connectivity index (χ2v) is 10.2. The molecule has 3 fully saturated rings. The van der Waals surface area contributed by atoms with Gasteiger partial charge in [0.2, 0.25) is 0 Å². The highest BCUT2D eigenvalue weighted by Gasteiger charge is 2.32. The van der Waals surface area contributed by atoms with Crippen LogP contribution < -0.4 is 4.74 Å². The van der Waals surface area contributed by atoms with Crippen molar-refractivity contribution in [2.75, 3.05) is 0 Å². The van der Waals surface area contributed by atoms with Gasteiger partial charge in [0.05, 0.1) is 0 Å². The van der Waals surface area contributed by atoms with E-state index in [9.17, 15) is 13.2 Å². The number of rotatable bonds is 6. The van der Waals surface area contributed by atoms with Crippen molar-refractivity contribution in [1.29, 1.82) is 0 Å². The van der Waals surface area contributed by atoms with Gasteiger partial charge in [0.1, 0.15) is 5.75 Å². The molecule has 0 heterocycles. The topological polar surface area (TPSA) is 9.23 Å². The molecule has 3 aliphatic carbocycles. The van der Waals surface area contributed by atoms with Gasteiger partial charge in [-0.2, -0.15) is 0 Å². The van der Waals surface area contributed by atoms with Crippen LogP contribution in [0.3, 0.4) is 0 Å². The van der Waals surface area contributed by atoms with Crippen LogP contribution >= 0.6 is 0 Å². The van der Waals surface area contributed by atoms with Gasteiger partial charge in [-0.3, -0.25) is 0 Å². The van der Waals surface area contributed by atoms with E-state index in [4.69, 9.17) is 0 Å². The molecule has 0 unspecified atom stereocenters. The molecule has 0 atom stereocenters. The summed E-state index contributed by atoms with van der Waals surface area (Å²) in [5.41, 5.74) is 1.16. The van der Waals surface area contributed by atoms with Gasteiger partial charge in [-0.25, -0.2) is 0 Å². The molecule has 0 bridgehead atoms. The Labute approximate surface area is 179 Å². The molecule has 0 spiro atoms. The maximum atomic E-state index is 12.3. The van der Waals surface area contributed by atoms with Crippen LogP contribution in [0.1, 0.15) is 101 Å². The minimum atomic E-state index is -4.62. The van der Waals surface area contributed by atoms with E-state index in [-0.39, 0.29) is 5.75 Å². The Hall–Kier alpha value is -1.19. The summed E-state index contributed by atoms with van der Waals surface area (Å²) in [6.45, 7) is 0. The minimum Gasteiger partial charge on any atom is -0.406 e. The van der Waals surface area contributed by atoms with Crippen LogP contribution in [0.5, 0.6) is 5.75 Å². The van der Waals surface area contributed by atoms with Crippen LogP contribution in [0.4, 0.5) is 13.2 Å². The van der Waals surface area contributed by atoms with Crippen molar-refractivity contribution in [3.05, 3.63) is 29.8 Å². The highest BCUT2D eigenvalue weighted by Crippen LogP contribution is 2.43. The molecule has 168 valence electrons. The van der Waals surface area contributed by atoms with E-state index in [1.54, 1.807) is 0 Å². The molecule has 4 rings (SSSR count). The number of benzene rings is 1. The largest absolute Gasteiger partial charge is 0.573 e. The molecule has 1 aromatic carbocycles. The lowest BCUT2D eigenvalue weighted by atomic mass is 9.72. The number of alkyl halides is 3. The van der Waals surface area contributed by atoms with E-state index in [0.717, 1.165) is 29.2 Å².